The number of carbonyl (C=O) groups is 18. The molecule has 16 amide bonds. The van der Waals surface area contributed by atoms with Crippen LogP contribution in [0.4, 0.5) is 0 Å². The Labute approximate surface area is 720 Å². The predicted octanol–water partition coefficient (Wildman–Crippen LogP) is -5.93. The molecule has 0 aliphatic carbocycles. The predicted molar refractivity (Wildman–Crippen MR) is 450 cm³/mol. The molecule has 2 bridgehead atoms. The van der Waals surface area contributed by atoms with Gasteiger partial charge in [0.25, 0.3) is 0 Å². The van der Waals surface area contributed by atoms with Crippen LogP contribution >= 0.6 is 43.2 Å². The first-order chi connectivity index (χ1) is 58.8. The van der Waals surface area contributed by atoms with Crippen molar-refractivity contribution in [3.63, 3.8) is 0 Å². The lowest BCUT2D eigenvalue weighted by Gasteiger charge is -2.32. The molecule has 4 fully saturated rings. The number of nitrogens with two attached hydrogens (primary N) is 1. The van der Waals surface area contributed by atoms with E-state index in [4.69, 9.17) is 11.1 Å². The fourth-order valence-corrected chi connectivity index (χ4v) is 18.2. The number of phenolic OH excluding ortho intramolecular Hbond substituents is 1. The summed E-state index contributed by atoms with van der Waals surface area (Å²) in [5.74, 6) is -20.0. The molecule has 8 rings (SSSR count). The number of benzene rings is 3. The van der Waals surface area contributed by atoms with Gasteiger partial charge in [0.2, 0.25) is 94.5 Å². The van der Waals surface area contributed by atoms with Crippen molar-refractivity contribution < 1.29 is 107 Å². The molecule has 123 heavy (non-hydrogen) atoms. The molecular formula is C77H102N20O22S4. The van der Waals surface area contributed by atoms with Crippen molar-refractivity contribution in [3.05, 3.63) is 102 Å². The van der Waals surface area contributed by atoms with Crippen molar-refractivity contribution in [2.24, 2.45) is 5.73 Å². The number of nitrogens with one attached hydrogen (secondary N) is 17. The van der Waals surface area contributed by atoms with Crippen molar-refractivity contribution >= 4 is 167 Å². The molecule has 0 unspecified atom stereocenters. The van der Waals surface area contributed by atoms with Crippen LogP contribution in [-0.4, -0.2) is 301 Å². The lowest BCUT2D eigenvalue weighted by atomic mass is 10.0. The Kier molecular flexibility index (Phi) is 37.9. The zero-order valence-corrected chi connectivity index (χ0v) is 70.3. The van der Waals surface area contributed by atoms with E-state index in [2.05, 4.69) is 84.7 Å². The number of aromatic hydroxyl groups is 1. The number of aliphatic hydroxyl groups excluding tert-OH is 2. The third kappa shape index (κ3) is 29.8. The standard InChI is InChI=1S/C77H102N20O22S4/c1-40(84-41(2)101)64(107)82-31-61(103)86-55(35-100)71(114)95-57-37-121-120-36-45(33-98)85-68(111)53(29-44-30-81-48-14-7-6-13-47(44)48)91-73(116)56-38-122-123-39-58(94-70(113)52(90-72(57)115)28-43-18-20-46(102)21-19-43)74(117)92-54(34-99)65(108)83-32-62(104)96-25-10-17-60(96)76(119)97-26-9-16-59(97)75(118)88-49(15-8-24-80-77(78)79)66(109)89-51(27-42-11-4-3-5-12-42)69(112)87-50(67(110)93-56)22-23-63(105)106/h3-7,11-14,18-21,30,33,40,45,49-60,81,99-100,102H,8-10,15-17,22-29,31-32,34-39H2,1-2H3,(H,82,107)(H,83,108)(H,84,101)(H,85,111)(H,86,103)(H,87,112)(H,88,118)(H,89,109)(H,90,115)(H,91,116)(H,92,117)(H,93,110)(H,94,113)(H,95,114)(H,105,106)(H4,78,79,80)/t40-,45+,49-,50-,51-,52-,53-,54-,55-,56-,57-,58-,59-,60-/m0/s1. The van der Waals surface area contributed by atoms with Gasteiger partial charge in [-0.05, 0) is 86.8 Å². The van der Waals surface area contributed by atoms with E-state index < -0.39 is 254 Å². The molecule has 0 spiro atoms. The number of aliphatic hydroxyl groups is 2. The van der Waals surface area contributed by atoms with Gasteiger partial charge in [0.15, 0.2) is 5.96 Å². The van der Waals surface area contributed by atoms with Crippen molar-refractivity contribution in [1.82, 2.24) is 94.5 Å². The number of nitrogens with zero attached hydrogens (tertiary/aromatic N) is 2. The largest absolute Gasteiger partial charge is 0.508 e. The molecule has 1 aromatic heterocycles. The van der Waals surface area contributed by atoms with Gasteiger partial charge >= 0.3 is 5.97 Å². The van der Waals surface area contributed by atoms with Crippen LogP contribution < -0.4 is 85.5 Å². The van der Waals surface area contributed by atoms with Crippen LogP contribution in [0.5, 0.6) is 5.75 Å². The Morgan fingerprint density at radius 1 is 0.585 bits per heavy atom. The molecule has 5 heterocycles. The van der Waals surface area contributed by atoms with Crippen molar-refractivity contribution in [1.29, 1.82) is 5.41 Å². The number of carbonyl (C=O) groups excluding carboxylic acids is 17. The molecule has 0 radical (unpaired) electrons. The maximum atomic E-state index is 15.4. The Morgan fingerprint density at radius 2 is 1.13 bits per heavy atom. The number of aliphatic carboxylic acids is 1. The summed E-state index contributed by atoms with van der Waals surface area (Å²) >= 11 is 0. The third-order valence-corrected chi connectivity index (χ3v) is 24.9. The van der Waals surface area contributed by atoms with Crippen LogP contribution in [0.15, 0.2) is 85.1 Å². The topological polar surface area (TPSA) is 641 Å². The molecule has 666 valence electrons. The molecule has 3 aromatic carbocycles. The number of carboxylic acid groups (broad SMARTS) is 1. The van der Waals surface area contributed by atoms with Gasteiger partial charge in [-0.25, -0.2) is 0 Å². The summed E-state index contributed by atoms with van der Waals surface area (Å²) in [4.78, 5) is 262. The first-order valence-electron chi connectivity index (χ1n) is 39.4. The molecule has 4 aliphatic heterocycles. The van der Waals surface area contributed by atoms with Gasteiger partial charge in [-0.3, -0.25) is 86.9 Å². The van der Waals surface area contributed by atoms with Crippen molar-refractivity contribution in [2.45, 2.75) is 169 Å². The van der Waals surface area contributed by atoms with E-state index in [0.717, 1.165) is 50.1 Å². The number of hydrogen-bond acceptors (Lipinski definition) is 26. The van der Waals surface area contributed by atoms with Gasteiger partial charge in [-0.1, -0.05) is 104 Å². The highest BCUT2D eigenvalue weighted by atomic mass is 33.1. The number of aromatic nitrogens is 1. The highest BCUT2D eigenvalue weighted by Crippen LogP contribution is 2.29. The molecule has 0 saturated carbocycles. The number of carboxylic acids is 1. The monoisotopic (exact) mass is 1790 g/mol. The molecule has 4 aliphatic rings. The summed E-state index contributed by atoms with van der Waals surface area (Å²) in [5, 5.41) is 87.7. The van der Waals surface area contributed by atoms with E-state index in [1.54, 1.807) is 60.8 Å². The number of hydrogen-bond donors (Lipinski definition) is 22. The minimum Gasteiger partial charge on any atom is -0.508 e. The second-order valence-electron chi connectivity index (χ2n) is 29.3. The van der Waals surface area contributed by atoms with E-state index in [0.29, 0.717) is 28.3 Å². The van der Waals surface area contributed by atoms with Crippen molar-refractivity contribution in [2.75, 3.05) is 68.9 Å². The van der Waals surface area contributed by atoms with Crippen LogP contribution in [0.2, 0.25) is 0 Å². The number of amides is 16. The zero-order chi connectivity index (χ0) is 89.4. The number of H-pyrrole nitrogens is 1. The molecule has 4 saturated heterocycles. The number of guanidine groups is 1. The van der Waals surface area contributed by atoms with Gasteiger partial charge in [0, 0.05) is 92.4 Å². The molecule has 42 nitrogen and oxygen atoms in total. The summed E-state index contributed by atoms with van der Waals surface area (Å²) in [5.41, 5.74) is 7.31. The number of fused-ring (bicyclic) bond motifs is 8. The molecule has 4 aromatic rings. The van der Waals surface area contributed by atoms with E-state index in [1.165, 1.54) is 41.0 Å². The second kappa shape index (κ2) is 48.2. The number of rotatable bonds is 23. The fourth-order valence-electron chi connectivity index (χ4n) is 13.6. The lowest BCUT2D eigenvalue weighted by molar-refractivity contribution is -0.147. The highest BCUT2D eigenvalue weighted by Gasteiger charge is 2.44. The first kappa shape index (κ1) is 96.7. The van der Waals surface area contributed by atoms with Gasteiger partial charge in [-0.15, -0.1) is 0 Å². The second-order valence-corrected chi connectivity index (χ2v) is 34.4. The minimum atomic E-state index is -1.93. The fraction of sp³-hybridized carbons (Fsp3) is 0.494. The summed E-state index contributed by atoms with van der Waals surface area (Å²) in [6.45, 7) is -1.33. The Morgan fingerprint density at radius 3 is 1.77 bits per heavy atom. The van der Waals surface area contributed by atoms with E-state index in [-0.39, 0.29) is 88.1 Å². The van der Waals surface area contributed by atoms with Crippen LogP contribution in [0.3, 0.4) is 0 Å². The number of para-hydroxylation sites is 1. The number of phenols is 1. The van der Waals surface area contributed by atoms with E-state index in [1.807, 2.05) is 0 Å². The third-order valence-electron chi connectivity index (χ3n) is 20.1. The quantitative estimate of drug-likeness (QED) is 0.0108. The number of aldehydes is 1. The van der Waals surface area contributed by atoms with E-state index in [9.17, 15) is 78.0 Å². The van der Waals surface area contributed by atoms with Crippen LogP contribution in [0.25, 0.3) is 10.9 Å². The SMILES string of the molecule is CC(=O)N[C@@H](C)C(=O)NCC(=O)N[C@@H](CO)C(=O)N[C@H]1CSSC[C@@H](C=O)NC(=O)[C@H](Cc2c[nH]c3ccccc23)NC(=O)[C@@H]2CSSC[C@H](NC(=O)[C@H](Cc3ccc(O)cc3)NC1=O)C(=O)N[C@@H](CO)C(=O)NCC(=O)N1CCC[C@H]1C(=O)N1CCC[C@H]1C(=O)N[C@@H](CCCNC(=N)N)C(=O)N[C@@H](Cc1ccccc1)C(=O)N[C@@H](CCC(=O)O)C(=O)N2. The Balaban J connectivity index is 1.21. The Bertz CT molecular complexity index is 4500. The summed E-state index contributed by atoms with van der Waals surface area (Å²) in [7, 11) is 3.12. The van der Waals surface area contributed by atoms with Crippen LogP contribution in [0.1, 0.15) is 81.9 Å². The Hall–Kier alpha value is -11.8. The highest BCUT2D eigenvalue weighted by molar-refractivity contribution is 8.77. The normalized spacial score (nSPS) is 24.4. The molecule has 23 N–H and O–H groups in total. The van der Waals surface area contributed by atoms with E-state index >= 15 is 28.8 Å². The van der Waals surface area contributed by atoms with Crippen LogP contribution in [-0.2, 0) is 106 Å². The molecule has 14 atom stereocenters. The van der Waals surface area contributed by atoms with Gasteiger partial charge in [0.1, 0.15) is 90.6 Å². The number of aromatic amines is 1. The summed E-state index contributed by atoms with van der Waals surface area (Å²) in [6, 6.07) is -2.36. The van der Waals surface area contributed by atoms with Gasteiger partial charge in [0.05, 0.1) is 32.3 Å². The zero-order valence-electron chi connectivity index (χ0n) is 67.0. The average molecular weight is 1790 g/mol. The molecule has 46 heteroatoms. The summed E-state index contributed by atoms with van der Waals surface area (Å²) in [6.07, 6.45) is 0.0133. The average Bonchev–Trinajstić information content (AvgIpc) is 1.66. The minimum absolute atomic E-state index is 0.00193. The maximum absolute atomic E-state index is 15.4. The van der Waals surface area contributed by atoms with Gasteiger partial charge in [-0.2, -0.15) is 0 Å². The lowest BCUT2D eigenvalue weighted by Crippen LogP contribution is -2.61. The first-order valence-corrected chi connectivity index (χ1v) is 44.4. The summed E-state index contributed by atoms with van der Waals surface area (Å²) < 4.78 is 0. The maximum Gasteiger partial charge on any atom is 0.303 e. The molecular weight excluding hydrogens is 1690 g/mol. The smallest absolute Gasteiger partial charge is 0.303 e. The van der Waals surface area contributed by atoms with Gasteiger partial charge < -0.3 is 125 Å². The van der Waals surface area contributed by atoms with Crippen molar-refractivity contribution in [3.8, 4) is 5.75 Å². The van der Waals surface area contributed by atoms with Crippen LogP contribution in [0, 0.1) is 5.41 Å².